The molecular formula is C26H23FN4O4S. The molecule has 1 aliphatic rings. The fourth-order valence-electron chi connectivity index (χ4n) is 3.71. The maximum Gasteiger partial charge on any atom is 0.269 e. The topological polar surface area (TPSA) is 91.0 Å². The van der Waals surface area contributed by atoms with E-state index < -0.39 is 29.6 Å². The maximum atomic E-state index is 13.5. The van der Waals surface area contributed by atoms with Crippen molar-refractivity contribution in [1.82, 2.24) is 10.4 Å². The van der Waals surface area contributed by atoms with Gasteiger partial charge in [0.25, 0.3) is 11.8 Å². The average Bonchev–Trinajstić information content (AvgIpc) is 3.09. The van der Waals surface area contributed by atoms with Crippen LogP contribution in [0.15, 0.2) is 78.9 Å². The highest BCUT2D eigenvalue weighted by molar-refractivity contribution is 7.80. The first-order valence-electron chi connectivity index (χ1n) is 11.2. The van der Waals surface area contributed by atoms with Crippen molar-refractivity contribution >= 4 is 46.4 Å². The van der Waals surface area contributed by atoms with Gasteiger partial charge < -0.3 is 10.1 Å². The number of hydrazine groups is 1. The number of halogens is 1. The van der Waals surface area contributed by atoms with Crippen molar-refractivity contribution in [2.45, 2.75) is 19.4 Å². The molecule has 10 heteroatoms. The van der Waals surface area contributed by atoms with Crippen molar-refractivity contribution in [2.75, 3.05) is 16.8 Å². The second kappa shape index (κ2) is 11.0. The van der Waals surface area contributed by atoms with Gasteiger partial charge in [-0.2, -0.15) is 0 Å². The molecular weight excluding hydrogens is 483 g/mol. The third-order valence-electron chi connectivity index (χ3n) is 5.36. The summed E-state index contributed by atoms with van der Waals surface area (Å²) in [5.74, 6) is -1.38. The predicted octanol–water partition coefficient (Wildman–Crippen LogP) is 3.90. The van der Waals surface area contributed by atoms with Crippen molar-refractivity contribution in [2.24, 2.45) is 0 Å². The van der Waals surface area contributed by atoms with Crippen molar-refractivity contribution < 1.29 is 23.5 Å². The number of amides is 3. The van der Waals surface area contributed by atoms with E-state index in [0.717, 1.165) is 0 Å². The van der Waals surface area contributed by atoms with Gasteiger partial charge >= 0.3 is 0 Å². The number of benzene rings is 3. The smallest absolute Gasteiger partial charge is 0.269 e. The van der Waals surface area contributed by atoms with Crippen LogP contribution in [0.5, 0.6) is 5.75 Å². The standard InChI is InChI=1S/C26H23FN4O4S/c1-2-35-21-10-6-9-19(15-21)28-23(32)16-22-25(34)30(20-13-11-18(27)12-14-20)26(36)31(22)29-24(33)17-7-4-3-5-8-17/h3-15,22H,2,16H2,1H3,(H,28,32)(H,29,33)/t22-/m1/s1. The Kier molecular flexibility index (Phi) is 7.55. The molecule has 0 bridgehead atoms. The van der Waals surface area contributed by atoms with Crippen LogP contribution in [0.2, 0.25) is 0 Å². The maximum absolute atomic E-state index is 13.5. The number of nitrogens with zero attached hydrogens (tertiary/aromatic N) is 2. The number of hydrogen-bond donors (Lipinski definition) is 2. The zero-order valence-corrected chi connectivity index (χ0v) is 20.1. The Morgan fingerprint density at radius 2 is 1.75 bits per heavy atom. The SMILES string of the molecule is CCOc1cccc(NC(=O)C[C@@H]2C(=O)N(c3ccc(F)cc3)C(=S)N2NC(=O)c2ccccc2)c1. The Morgan fingerprint density at radius 3 is 2.44 bits per heavy atom. The molecule has 0 unspecified atom stereocenters. The minimum atomic E-state index is -1.12. The summed E-state index contributed by atoms with van der Waals surface area (Å²) in [6.07, 6.45) is -0.301. The van der Waals surface area contributed by atoms with Crippen LogP contribution < -0.4 is 20.4 Å². The molecule has 3 aromatic rings. The summed E-state index contributed by atoms with van der Waals surface area (Å²) in [7, 11) is 0. The molecule has 0 spiro atoms. The van der Waals surface area contributed by atoms with Crippen molar-refractivity contribution in [1.29, 1.82) is 0 Å². The summed E-state index contributed by atoms with van der Waals surface area (Å²) in [6.45, 7) is 2.33. The molecule has 0 saturated carbocycles. The van der Waals surface area contributed by atoms with Gasteiger partial charge in [0.1, 0.15) is 17.6 Å². The van der Waals surface area contributed by atoms with E-state index in [4.69, 9.17) is 17.0 Å². The number of anilines is 2. The second-order valence-electron chi connectivity index (χ2n) is 7.84. The van der Waals surface area contributed by atoms with Gasteiger partial charge in [-0.3, -0.25) is 24.7 Å². The molecule has 3 aromatic carbocycles. The minimum absolute atomic E-state index is 0.0352. The summed E-state index contributed by atoms with van der Waals surface area (Å²) in [6, 6.07) is 19.3. The fraction of sp³-hybridized carbons (Fsp3) is 0.154. The lowest BCUT2D eigenvalue weighted by molar-refractivity contribution is -0.124. The van der Waals surface area contributed by atoms with Crippen LogP contribution in [0.1, 0.15) is 23.7 Å². The summed E-state index contributed by atoms with van der Waals surface area (Å²) in [5.41, 5.74) is 3.81. The van der Waals surface area contributed by atoms with Crippen molar-refractivity contribution in [3.63, 3.8) is 0 Å². The number of carbonyl (C=O) groups is 3. The number of hydrogen-bond acceptors (Lipinski definition) is 5. The van der Waals surface area contributed by atoms with Crippen LogP contribution in [0.3, 0.4) is 0 Å². The van der Waals surface area contributed by atoms with Crippen LogP contribution in [-0.2, 0) is 9.59 Å². The minimum Gasteiger partial charge on any atom is -0.494 e. The monoisotopic (exact) mass is 506 g/mol. The molecule has 8 nitrogen and oxygen atoms in total. The quantitative estimate of drug-likeness (QED) is 0.451. The lowest BCUT2D eigenvalue weighted by atomic mass is 10.1. The zero-order valence-electron chi connectivity index (χ0n) is 19.3. The average molecular weight is 507 g/mol. The van der Waals surface area contributed by atoms with Gasteiger partial charge in [0.15, 0.2) is 0 Å². The zero-order chi connectivity index (χ0) is 25.7. The molecule has 0 aliphatic carbocycles. The van der Waals surface area contributed by atoms with Gasteiger partial charge in [0, 0.05) is 17.3 Å². The Bertz CT molecular complexity index is 1290. The Balaban J connectivity index is 1.58. The van der Waals surface area contributed by atoms with Crippen LogP contribution >= 0.6 is 12.2 Å². The number of ether oxygens (including phenoxy) is 1. The van der Waals surface area contributed by atoms with Gasteiger partial charge in [-0.15, -0.1) is 0 Å². The Labute approximate surface area is 212 Å². The van der Waals surface area contributed by atoms with E-state index in [1.54, 1.807) is 54.6 Å². The normalized spacial score (nSPS) is 15.1. The highest BCUT2D eigenvalue weighted by Crippen LogP contribution is 2.27. The van der Waals surface area contributed by atoms with Gasteiger partial charge in [-0.05, 0) is 67.7 Å². The molecule has 36 heavy (non-hydrogen) atoms. The van der Waals surface area contributed by atoms with E-state index in [1.807, 2.05) is 6.92 Å². The molecule has 3 amide bonds. The number of carbonyl (C=O) groups excluding carboxylic acids is 3. The van der Waals surface area contributed by atoms with Crippen molar-refractivity contribution in [3.8, 4) is 5.75 Å². The van der Waals surface area contributed by atoms with E-state index in [2.05, 4.69) is 10.7 Å². The first-order valence-corrected chi connectivity index (χ1v) is 11.6. The fourth-order valence-corrected chi connectivity index (χ4v) is 4.08. The van der Waals surface area contributed by atoms with E-state index >= 15 is 0 Å². The van der Waals surface area contributed by atoms with E-state index in [1.165, 1.54) is 34.2 Å². The van der Waals surface area contributed by atoms with E-state index in [9.17, 15) is 18.8 Å². The lowest BCUT2D eigenvalue weighted by Crippen LogP contribution is -2.49. The summed E-state index contributed by atoms with van der Waals surface area (Å²) < 4.78 is 18.9. The van der Waals surface area contributed by atoms with Crippen LogP contribution in [0.25, 0.3) is 0 Å². The van der Waals surface area contributed by atoms with E-state index in [-0.39, 0.29) is 11.5 Å². The molecule has 0 aromatic heterocycles. The molecule has 0 radical (unpaired) electrons. The number of nitrogens with one attached hydrogen (secondary N) is 2. The van der Waals surface area contributed by atoms with Gasteiger partial charge in [0.05, 0.1) is 18.7 Å². The molecule has 1 heterocycles. The molecule has 1 fully saturated rings. The Hall–Kier alpha value is -4.31. The predicted molar refractivity (Wildman–Crippen MR) is 137 cm³/mol. The molecule has 1 atom stereocenters. The molecule has 1 aliphatic heterocycles. The van der Waals surface area contributed by atoms with Gasteiger partial charge in [-0.25, -0.2) is 9.40 Å². The van der Waals surface area contributed by atoms with Crippen LogP contribution in [-0.4, -0.2) is 40.5 Å². The van der Waals surface area contributed by atoms with Crippen LogP contribution in [0, 0.1) is 5.82 Å². The Morgan fingerprint density at radius 1 is 1.03 bits per heavy atom. The first kappa shape index (κ1) is 24.8. The van der Waals surface area contributed by atoms with Gasteiger partial charge in [-0.1, -0.05) is 24.3 Å². The number of rotatable bonds is 8. The summed E-state index contributed by atoms with van der Waals surface area (Å²) in [4.78, 5) is 40.4. The van der Waals surface area contributed by atoms with E-state index in [0.29, 0.717) is 29.3 Å². The third-order valence-corrected chi connectivity index (χ3v) is 5.74. The second-order valence-corrected chi connectivity index (χ2v) is 8.20. The molecule has 4 rings (SSSR count). The molecule has 1 saturated heterocycles. The third kappa shape index (κ3) is 5.49. The lowest BCUT2D eigenvalue weighted by Gasteiger charge is -2.24. The summed E-state index contributed by atoms with van der Waals surface area (Å²) in [5, 5.41) is 3.91. The summed E-state index contributed by atoms with van der Waals surface area (Å²) >= 11 is 5.50. The molecule has 2 N–H and O–H groups in total. The van der Waals surface area contributed by atoms with Gasteiger partial charge in [0.2, 0.25) is 11.0 Å². The number of thiocarbonyl (C=S) groups is 1. The highest BCUT2D eigenvalue weighted by atomic mass is 32.1. The highest BCUT2D eigenvalue weighted by Gasteiger charge is 2.45. The van der Waals surface area contributed by atoms with Crippen molar-refractivity contribution in [3.05, 3.63) is 90.2 Å². The van der Waals surface area contributed by atoms with Crippen LogP contribution in [0.4, 0.5) is 15.8 Å². The molecule has 184 valence electrons. The first-order chi connectivity index (χ1) is 17.4. The largest absolute Gasteiger partial charge is 0.494 e.